The number of nitrogens with one attached hydrogen (secondary N) is 1. The summed E-state index contributed by atoms with van der Waals surface area (Å²) in [5.74, 6) is -0.368. The smallest absolute Gasteiger partial charge is 0.330 e. The SMILES string of the molecule is C=CC(=O)OC(C)CNC(C)(C)CC(C)(C)C. The molecule has 100 valence electrons. The van der Waals surface area contributed by atoms with Gasteiger partial charge in [0.15, 0.2) is 0 Å². The van der Waals surface area contributed by atoms with Crippen molar-refractivity contribution in [2.24, 2.45) is 5.41 Å². The maximum atomic E-state index is 11.0. The Morgan fingerprint density at radius 1 is 1.35 bits per heavy atom. The van der Waals surface area contributed by atoms with Crippen LogP contribution < -0.4 is 5.32 Å². The van der Waals surface area contributed by atoms with E-state index in [1.807, 2.05) is 6.92 Å². The first-order valence-electron chi connectivity index (χ1n) is 6.14. The van der Waals surface area contributed by atoms with Gasteiger partial charge in [-0.25, -0.2) is 4.79 Å². The molecule has 0 aromatic heterocycles. The van der Waals surface area contributed by atoms with Gasteiger partial charge in [-0.2, -0.15) is 0 Å². The number of hydrogen-bond donors (Lipinski definition) is 1. The normalized spacial score (nSPS) is 14.2. The molecule has 0 radical (unpaired) electrons. The lowest BCUT2D eigenvalue weighted by atomic mass is 9.82. The average Bonchev–Trinajstić information content (AvgIpc) is 2.11. The molecule has 1 N–H and O–H groups in total. The van der Waals surface area contributed by atoms with Gasteiger partial charge < -0.3 is 10.1 Å². The minimum absolute atomic E-state index is 0.0348. The van der Waals surface area contributed by atoms with Crippen molar-refractivity contribution in [2.75, 3.05) is 6.54 Å². The zero-order valence-corrected chi connectivity index (χ0v) is 12.1. The highest BCUT2D eigenvalue weighted by atomic mass is 16.5. The zero-order valence-electron chi connectivity index (χ0n) is 12.1. The molecule has 17 heavy (non-hydrogen) atoms. The molecule has 0 saturated heterocycles. The van der Waals surface area contributed by atoms with Crippen molar-refractivity contribution >= 4 is 5.97 Å². The van der Waals surface area contributed by atoms with Crippen LogP contribution in [-0.2, 0) is 9.53 Å². The van der Waals surface area contributed by atoms with E-state index in [1.165, 1.54) is 6.08 Å². The van der Waals surface area contributed by atoms with Gasteiger partial charge >= 0.3 is 5.97 Å². The Hall–Kier alpha value is -0.830. The summed E-state index contributed by atoms with van der Waals surface area (Å²) in [4.78, 5) is 11.0. The summed E-state index contributed by atoms with van der Waals surface area (Å²) in [5.41, 5.74) is 0.310. The first-order valence-corrected chi connectivity index (χ1v) is 6.14. The lowest BCUT2D eigenvalue weighted by Gasteiger charge is -2.34. The second kappa shape index (κ2) is 6.20. The van der Waals surface area contributed by atoms with Crippen LogP contribution in [0.1, 0.15) is 48.0 Å². The molecule has 3 heteroatoms. The van der Waals surface area contributed by atoms with Crippen molar-refractivity contribution in [1.82, 2.24) is 5.32 Å². The summed E-state index contributed by atoms with van der Waals surface area (Å²) in [6.07, 6.45) is 2.11. The minimum atomic E-state index is -0.368. The number of ether oxygens (including phenoxy) is 1. The van der Waals surface area contributed by atoms with Crippen molar-refractivity contribution in [3.8, 4) is 0 Å². The van der Waals surface area contributed by atoms with Crippen LogP contribution in [0.15, 0.2) is 12.7 Å². The van der Waals surface area contributed by atoms with Crippen LogP contribution in [0, 0.1) is 5.41 Å². The second-order valence-electron chi connectivity index (χ2n) is 6.45. The Kier molecular flexibility index (Phi) is 5.89. The topological polar surface area (TPSA) is 38.3 Å². The molecule has 0 aliphatic heterocycles. The van der Waals surface area contributed by atoms with E-state index in [9.17, 15) is 4.79 Å². The predicted octanol–water partition coefficient (Wildman–Crippen LogP) is 2.91. The molecule has 0 spiro atoms. The maximum absolute atomic E-state index is 11.0. The molecule has 0 heterocycles. The predicted molar refractivity (Wildman–Crippen MR) is 71.9 cm³/mol. The van der Waals surface area contributed by atoms with Crippen LogP contribution >= 0.6 is 0 Å². The highest BCUT2D eigenvalue weighted by Crippen LogP contribution is 2.26. The summed E-state index contributed by atoms with van der Waals surface area (Å²) < 4.78 is 5.11. The van der Waals surface area contributed by atoms with E-state index < -0.39 is 0 Å². The molecule has 0 fully saturated rings. The van der Waals surface area contributed by atoms with Crippen molar-refractivity contribution in [3.63, 3.8) is 0 Å². The van der Waals surface area contributed by atoms with Crippen molar-refractivity contribution in [1.29, 1.82) is 0 Å². The summed E-state index contributed by atoms with van der Waals surface area (Å²) >= 11 is 0. The molecule has 0 aromatic rings. The third kappa shape index (κ3) is 8.93. The molecule has 0 rings (SSSR count). The molecule has 1 atom stereocenters. The first-order chi connectivity index (χ1) is 7.56. The third-order valence-corrected chi connectivity index (χ3v) is 2.32. The van der Waals surface area contributed by atoms with Crippen LogP contribution in [0.4, 0.5) is 0 Å². The number of esters is 1. The Balaban J connectivity index is 4.09. The van der Waals surface area contributed by atoms with Gasteiger partial charge in [-0.3, -0.25) is 0 Å². The number of rotatable bonds is 6. The Morgan fingerprint density at radius 3 is 2.29 bits per heavy atom. The molecule has 0 aromatic carbocycles. The van der Waals surface area contributed by atoms with Crippen molar-refractivity contribution in [2.45, 2.75) is 59.6 Å². The Bertz CT molecular complexity index is 264. The fraction of sp³-hybridized carbons (Fsp3) is 0.786. The molecule has 3 nitrogen and oxygen atoms in total. The van der Waals surface area contributed by atoms with E-state index >= 15 is 0 Å². The van der Waals surface area contributed by atoms with Crippen LogP contribution in [-0.4, -0.2) is 24.2 Å². The number of hydrogen-bond acceptors (Lipinski definition) is 3. The Morgan fingerprint density at radius 2 is 1.88 bits per heavy atom. The van der Waals surface area contributed by atoms with Gasteiger partial charge in [0.2, 0.25) is 0 Å². The van der Waals surface area contributed by atoms with Gasteiger partial charge in [-0.15, -0.1) is 0 Å². The van der Waals surface area contributed by atoms with Gasteiger partial charge in [0.1, 0.15) is 6.10 Å². The monoisotopic (exact) mass is 241 g/mol. The average molecular weight is 241 g/mol. The second-order valence-corrected chi connectivity index (χ2v) is 6.45. The lowest BCUT2D eigenvalue weighted by molar-refractivity contribution is -0.142. The largest absolute Gasteiger partial charge is 0.458 e. The van der Waals surface area contributed by atoms with Crippen LogP contribution in [0.25, 0.3) is 0 Å². The van der Waals surface area contributed by atoms with Crippen molar-refractivity contribution in [3.05, 3.63) is 12.7 Å². The molecule has 1 unspecified atom stereocenters. The van der Waals surface area contributed by atoms with Gasteiger partial charge in [0.25, 0.3) is 0 Å². The molecule has 0 amide bonds. The maximum Gasteiger partial charge on any atom is 0.330 e. The number of carbonyl (C=O) groups is 1. The molecule has 0 aliphatic rings. The quantitative estimate of drug-likeness (QED) is 0.574. The highest BCUT2D eigenvalue weighted by molar-refractivity contribution is 5.81. The highest BCUT2D eigenvalue weighted by Gasteiger charge is 2.25. The van der Waals surface area contributed by atoms with Gasteiger partial charge in [-0.05, 0) is 32.6 Å². The van der Waals surface area contributed by atoms with Crippen LogP contribution in [0.5, 0.6) is 0 Å². The summed E-state index contributed by atoms with van der Waals surface area (Å²) in [6, 6.07) is 0. The van der Waals surface area contributed by atoms with Crippen LogP contribution in [0.3, 0.4) is 0 Å². The summed E-state index contributed by atoms with van der Waals surface area (Å²) in [6.45, 7) is 16.9. The molecular weight excluding hydrogens is 214 g/mol. The Labute approximate surface area is 106 Å². The van der Waals surface area contributed by atoms with E-state index in [4.69, 9.17) is 4.74 Å². The van der Waals surface area contributed by atoms with Gasteiger partial charge in [0, 0.05) is 18.2 Å². The first kappa shape index (κ1) is 16.2. The molecular formula is C14H27NO2. The van der Waals surface area contributed by atoms with E-state index in [2.05, 4.69) is 46.5 Å². The minimum Gasteiger partial charge on any atom is -0.458 e. The van der Waals surface area contributed by atoms with E-state index in [1.54, 1.807) is 0 Å². The molecule has 0 bridgehead atoms. The van der Waals surface area contributed by atoms with E-state index in [0.29, 0.717) is 6.54 Å². The van der Waals surface area contributed by atoms with Crippen molar-refractivity contribution < 1.29 is 9.53 Å². The van der Waals surface area contributed by atoms with E-state index in [0.717, 1.165) is 6.42 Å². The van der Waals surface area contributed by atoms with Gasteiger partial charge in [0.05, 0.1) is 0 Å². The summed E-state index contributed by atoms with van der Waals surface area (Å²) in [7, 11) is 0. The standard InChI is InChI=1S/C14H27NO2/c1-8-12(16)17-11(2)9-15-14(6,7)10-13(3,4)5/h8,11,15H,1,9-10H2,2-7H3. The number of carbonyl (C=O) groups excluding carboxylic acids is 1. The van der Waals surface area contributed by atoms with Crippen LogP contribution in [0.2, 0.25) is 0 Å². The zero-order chi connectivity index (χ0) is 13.7. The molecule has 0 saturated carbocycles. The fourth-order valence-corrected chi connectivity index (χ4v) is 2.10. The molecule has 0 aliphatic carbocycles. The van der Waals surface area contributed by atoms with Gasteiger partial charge in [-0.1, -0.05) is 27.4 Å². The fourth-order valence-electron chi connectivity index (χ4n) is 2.10. The van der Waals surface area contributed by atoms with E-state index in [-0.39, 0.29) is 23.0 Å². The lowest BCUT2D eigenvalue weighted by Crippen LogP contribution is -2.45. The third-order valence-electron chi connectivity index (χ3n) is 2.32. The summed E-state index contributed by atoms with van der Waals surface area (Å²) in [5, 5.41) is 3.43.